The Hall–Kier alpha value is -2.72. The van der Waals surface area contributed by atoms with Crippen molar-refractivity contribution in [3.8, 4) is 11.1 Å². The average molecular weight is 420 g/mol. The summed E-state index contributed by atoms with van der Waals surface area (Å²) in [7, 11) is -3.74. The second-order valence-corrected chi connectivity index (χ2v) is 9.20. The van der Waals surface area contributed by atoms with E-state index < -0.39 is 7.60 Å². The van der Waals surface area contributed by atoms with Gasteiger partial charge in [-0.15, -0.1) is 0 Å². The summed E-state index contributed by atoms with van der Waals surface area (Å²) in [6.07, 6.45) is 0.213. The van der Waals surface area contributed by atoms with Crippen molar-refractivity contribution in [1.29, 1.82) is 0 Å². The topological polar surface area (TPSA) is 71.5 Å². The zero-order valence-corrected chi connectivity index (χ0v) is 18.0. The summed E-state index contributed by atoms with van der Waals surface area (Å²) in [5.74, 6) is 0.539. The minimum Gasteiger partial charge on any atom is -0.359 e. The van der Waals surface area contributed by atoms with Gasteiger partial charge in [-0.1, -0.05) is 67.6 Å². The first-order valence-electron chi connectivity index (χ1n) is 10.1. The highest BCUT2D eigenvalue weighted by atomic mass is 31.2. The molecule has 0 bridgehead atoms. The van der Waals surface area contributed by atoms with E-state index in [-0.39, 0.29) is 12.4 Å². The molecule has 0 saturated carbocycles. The van der Waals surface area contributed by atoms with Gasteiger partial charge in [-0.2, -0.15) is 0 Å². The molecule has 1 aromatic heterocycles. The fraction of sp³-hybridized carbons (Fsp3) is 0.208. The lowest BCUT2D eigenvalue weighted by Crippen LogP contribution is -2.11. The van der Waals surface area contributed by atoms with Crippen molar-refractivity contribution >= 4 is 35.1 Å². The monoisotopic (exact) mass is 420 g/mol. The number of nitrogens with one attached hydrogen (secondary N) is 1. The fourth-order valence-corrected chi connectivity index (χ4v) is 4.64. The normalized spacial score (nSPS) is 14.5. The Labute approximate surface area is 176 Å². The third-order valence-electron chi connectivity index (χ3n) is 5.18. The van der Waals surface area contributed by atoms with Crippen molar-refractivity contribution in [1.82, 2.24) is 4.98 Å². The van der Waals surface area contributed by atoms with E-state index in [0.717, 1.165) is 27.4 Å². The third-order valence-corrected chi connectivity index (χ3v) is 6.43. The SMILES string of the molecule is CCC(C)OP(=O)(O)CNc1ccc2cccc(-c3cccc4ccccc34)c2n1. The van der Waals surface area contributed by atoms with E-state index in [1.165, 1.54) is 5.39 Å². The van der Waals surface area contributed by atoms with Crippen LogP contribution in [0.15, 0.2) is 72.8 Å². The largest absolute Gasteiger partial charge is 0.359 e. The van der Waals surface area contributed by atoms with E-state index in [1.807, 2.05) is 49.4 Å². The van der Waals surface area contributed by atoms with Crippen LogP contribution < -0.4 is 5.32 Å². The maximum atomic E-state index is 12.3. The predicted octanol–water partition coefficient (Wildman–Crippen LogP) is 6.42. The van der Waals surface area contributed by atoms with Gasteiger partial charge in [0.05, 0.1) is 11.6 Å². The highest BCUT2D eigenvalue weighted by Crippen LogP contribution is 2.43. The van der Waals surface area contributed by atoms with Crippen molar-refractivity contribution in [3.63, 3.8) is 0 Å². The number of hydrogen-bond donors (Lipinski definition) is 2. The molecule has 0 fully saturated rings. The Morgan fingerprint density at radius 3 is 2.47 bits per heavy atom. The molecule has 0 saturated heterocycles. The number of benzene rings is 3. The molecule has 2 unspecified atom stereocenters. The van der Waals surface area contributed by atoms with Crippen LogP contribution in [-0.4, -0.2) is 22.3 Å². The van der Waals surface area contributed by atoms with Gasteiger partial charge in [-0.05, 0) is 41.8 Å². The number of fused-ring (bicyclic) bond motifs is 2. The smallest absolute Gasteiger partial charge is 0.347 e. The molecule has 30 heavy (non-hydrogen) atoms. The number of hydrogen-bond acceptors (Lipinski definition) is 4. The first-order chi connectivity index (χ1) is 14.5. The Morgan fingerprint density at radius 1 is 0.967 bits per heavy atom. The molecule has 0 radical (unpaired) electrons. The Kier molecular flexibility index (Phi) is 5.87. The van der Waals surface area contributed by atoms with E-state index in [9.17, 15) is 9.46 Å². The zero-order chi connectivity index (χ0) is 21.1. The van der Waals surface area contributed by atoms with Gasteiger partial charge in [0.1, 0.15) is 12.1 Å². The van der Waals surface area contributed by atoms with Crippen molar-refractivity contribution in [2.45, 2.75) is 26.4 Å². The molecule has 4 rings (SSSR count). The summed E-state index contributed by atoms with van der Waals surface area (Å²) >= 11 is 0. The molecule has 0 aliphatic heterocycles. The Balaban J connectivity index is 1.70. The van der Waals surface area contributed by atoms with Crippen molar-refractivity contribution in [2.75, 3.05) is 11.6 Å². The van der Waals surface area contributed by atoms with E-state index >= 15 is 0 Å². The van der Waals surface area contributed by atoms with Gasteiger partial charge in [0.2, 0.25) is 0 Å². The van der Waals surface area contributed by atoms with Gasteiger partial charge in [0.15, 0.2) is 0 Å². The summed E-state index contributed by atoms with van der Waals surface area (Å²) in [5.41, 5.74) is 2.97. The molecule has 0 aliphatic carbocycles. The number of rotatable bonds is 7. The molecule has 3 aromatic carbocycles. The molecule has 0 spiro atoms. The van der Waals surface area contributed by atoms with Crippen LogP contribution in [0.4, 0.5) is 5.82 Å². The summed E-state index contributed by atoms with van der Waals surface area (Å²) in [4.78, 5) is 14.8. The lowest BCUT2D eigenvalue weighted by Gasteiger charge is -2.17. The molecule has 1 heterocycles. The predicted molar refractivity (Wildman–Crippen MR) is 124 cm³/mol. The van der Waals surface area contributed by atoms with Gasteiger partial charge in [0, 0.05) is 10.9 Å². The standard InChI is InChI=1S/C24H25N2O3P/c1-3-17(2)29-30(27,28)16-25-23-15-14-19-10-7-13-22(24(19)26-23)21-12-6-9-18-8-4-5-11-20(18)21/h4-15,17H,3,16H2,1-2H3,(H,25,26)(H,27,28). The van der Waals surface area contributed by atoms with Gasteiger partial charge >= 0.3 is 7.60 Å². The number of para-hydroxylation sites is 1. The second-order valence-electron chi connectivity index (χ2n) is 7.40. The van der Waals surface area contributed by atoms with E-state index in [2.05, 4.69) is 35.6 Å². The van der Waals surface area contributed by atoms with Gasteiger partial charge in [0.25, 0.3) is 0 Å². The Bertz CT molecular complexity index is 1240. The van der Waals surface area contributed by atoms with Crippen LogP contribution in [0.25, 0.3) is 32.8 Å². The van der Waals surface area contributed by atoms with Gasteiger partial charge in [-0.25, -0.2) is 4.98 Å². The number of aromatic nitrogens is 1. The van der Waals surface area contributed by atoms with E-state index in [1.54, 1.807) is 6.92 Å². The van der Waals surface area contributed by atoms with Crippen molar-refractivity contribution < 1.29 is 14.0 Å². The van der Waals surface area contributed by atoms with Gasteiger partial charge in [-0.3, -0.25) is 4.57 Å². The summed E-state index contributed by atoms with van der Waals surface area (Å²) < 4.78 is 17.6. The average Bonchev–Trinajstić information content (AvgIpc) is 2.76. The van der Waals surface area contributed by atoms with Crippen LogP contribution in [0, 0.1) is 0 Å². The van der Waals surface area contributed by atoms with Crippen molar-refractivity contribution in [2.24, 2.45) is 0 Å². The third kappa shape index (κ3) is 4.39. The lowest BCUT2D eigenvalue weighted by molar-refractivity contribution is 0.186. The molecular formula is C24H25N2O3P. The molecule has 154 valence electrons. The summed E-state index contributed by atoms with van der Waals surface area (Å²) in [6.45, 7) is 3.70. The first-order valence-corrected chi connectivity index (χ1v) is 11.8. The van der Waals surface area contributed by atoms with Crippen LogP contribution >= 0.6 is 7.60 Å². The van der Waals surface area contributed by atoms with Crippen LogP contribution in [0.2, 0.25) is 0 Å². The first kappa shape index (κ1) is 20.5. The lowest BCUT2D eigenvalue weighted by atomic mass is 9.96. The highest BCUT2D eigenvalue weighted by Gasteiger charge is 2.22. The quantitative estimate of drug-likeness (QED) is 0.337. The van der Waals surface area contributed by atoms with Crippen LogP contribution in [0.3, 0.4) is 0 Å². The molecular weight excluding hydrogens is 395 g/mol. The molecule has 0 aliphatic rings. The maximum Gasteiger partial charge on any atom is 0.347 e. The van der Waals surface area contributed by atoms with Crippen molar-refractivity contribution in [3.05, 3.63) is 72.8 Å². The highest BCUT2D eigenvalue weighted by molar-refractivity contribution is 7.52. The molecule has 5 nitrogen and oxygen atoms in total. The van der Waals surface area contributed by atoms with Crippen LogP contribution in [-0.2, 0) is 9.09 Å². The molecule has 6 heteroatoms. The maximum absolute atomic E-state index is 12.3. The number of nitrogens with zero attached hydrogens (tertiary/aromatic N) is 1. The summed E-state index contributed by atoms with van der Waals surface area (Å²) in [6, 6.07) is 24.4. The van der Waals surface area contributed by atoms with Gasteiger partial charge < -0.3 is 14.7 Å². The zero-order valence-electron chi connectivity index (χ0n) is 17.1. The fourth-order valence-electron chi connectivity index (χ4n) is 3.50. The molecule has 0 amide bonds. The van der Waals surface area contributed by atoms with Crippen LogP contribution in [0.5, 0.6) is 0 Å². The summed E-state index contributed by atoms with van der Waals surface area (Å²) in [5, 5.41) is 6.31. The minimum atomic E-state index is -3.74. The molecule has 2 atom stereocenters. The Morgan fingerprint density at radius 2 is 1.67 bits per heavy atom. The molecule has 4 aromatic rings. The minimum absolute atomic E-state index is 0.188. The number of pyridine rings is 1. The number of anilines is 1. The van der Waals surface area contributed by atoms with E-state index in [4.69, 9.17) is 9.51 Å². The van der Waals surface area contributed by atoms with E-state index in [0.29, 0.717) is 12.2 Å². The second kappa shape index (κ2) is 8.57. The van der Waals surface area contributed by atoms with Crippen LogP contribution in [0.1, 0.15) is 20.3 Å². The molecule has 2 N–H and O–H groups in total.